The predicted octanol–water partition coefficient (Wildman–Crippen LogP) is 24.5. The van der Waals surface area contributed by atoms with Crippen LogP contribution in [0.15, 0.2) is 60.8 Å². The third-order valence-corrected chi connectivity index (χ3v) is 18.3. The number of esters is 2. The first kappa shape index (κ1) is 90.0. The molecule has 93 heavy (non-hydrogen) atoms. The summed E-state index contributed by atoms with van der Waals surface area (Å²) in [5, 5.41) is 11.9. The van der Waals surface area contributed by atoms with Gasteiger partial charge in [-0.2, -0.15) is 0 Å². The second-order valence-corrected chi connectivity index (χ2v) is 28.7. The lowest BCUT2D eigenvalue weighted by Crippen LogP contribution is -2.44. The molecule has 0 aliphatic heterocycles. The molecule has 0 saturated heterocycles. The zero-order valence-electron chi connectivity index (χ0n) is 62.4. The summed E-state index contributed by atoms with van der Waals surface area (Å²) in [7, 11) is 5.95. The van der Waals surface area contributed by atoms with Crippen molar-refractivity contribution in [3.8, 4) is 0 Å². The van der Waals surface area contributed by atoms with Crippen LogP contribution in [0.5, 0.6) is 0 Å². The van der Waals surface area contributed by atoms with Crippen molar-refractivity contribution in [1.29, 1.82) is 0 Å². The molecule has 2 atom stereocenters. The van der Waals surface area contributed by atoms with Crippen molar-refractivity contribution in [2.24, 2.45) is 0 Å². The topological polar surface area (TPSA) is 111 Å². The van der Waals surface area contributed by atoms with Crippen molar-refractivity contribution < 1.29 is 42.9 Å². The Labute approximate surface area is 577 Å². The molecule has 0 heterocycles. The Kier molecular flexibility index (Phi) is 72.4. The highest BCUT2D eigenvalue weighted by molar-refractivity contribution is 5.70. The fraction of sp³-hybridized carbons (Fsp3) is 0.845. The van der Waals surface area contributed by atoms with Crippen molar-refractivity contribution >= 4 is 17.9 Å². The molecule has 544 valence electrons. The van der Waals surface area contributed by atoms with E-state index in [2.05, 4.69) is 74.6 Å². The van der Waals surface area contributed by atoms with Crippen LogP contribution in [0, 0.1) is 0 Å². The summed E-state index contributed by atoms with van der Waals surface area (Å²) < 4.78 is 22.9. The first-order chi connectivity index (χ1) is 45.6. The number of aliphatic carboxylic acids is 1. The number of allylic oxidation sites excluding steroid dienone is 10. The number of nitrogens with zero attached hydrogens (tertiary/aromatic N) is 1. The molecule has 0 aromatic heterocycles. The van der Waals surface area contributed by atoms with Gasteiger partial charge in [-0.25, -0.2) is 0 Å². The monoisotopic (exact) mass is 1310 g/mol. The van der Waals surface area contributed by atoms with Gasteiger partial charge in [-0.3, -0.25) is 9.59 Å². The average molecular weight is 1310 g/mol. The van der Waals surface area contributed by atoms with Gasteiger partial charge in [-0.05, 0) is 57.8 Å². The molecule has 0 bridgehead atoms. The van der Waals surface area contributed by atoms with Crippen LogP contribution in [0.3, 0.4) is 0 Å². The molecule has 0 N–H and O–H groups in total. The van der Waals surface area contributed by atoms with Gasteiger partial charge in [0.25, 0.3) is 0 Å². The Morgan fingerprint density at radius 2 is 0.613 bits per heavy atom. The van der Waals surface area contributed by atoms with Gasteiger partial charge in [0.05, 0.1) is 40.3 Å². The van der Waals surface area contributed by atoms with Crippen molar-refractivity contribution in [3.63, 3.8) is 0 Å². The number of carboxylic acid groups (broad SMARTS) is 1. The van der Waals surface area contributed by atoms with Crippen LogP contribution >= 0.6 is 0 Å². The molecule has 2 unspecified atom stereocenters. The van der Waals surface area contributed by atoms with Crippen LogP contribution in [-0.2, 0) is 33.3 Å². The quantitative estimate of drug-likeness (QED) is 0.0195. The van der Waals surface area contributed by atoms with Crippen LogP contribution < -0.4 is 5.11 Å². The Morgan fingerprint density at radius 3 is 0.914 bits per heavy atom. The minimum atomic E-state index is -1.62. The maximum atomic E-state index is 13.0. The molecule has 0 spiro atoms. The van der Waals surface area contributed by atoms with Gasteiger partial charge in [0, 0.05) is 12.8 Å². The van der Waals surface area contributed by atoms with E-state index in [-0.39, 0.29) is 32.2 Å². The molecule has 0 rings (SSSR count). The fourth-order valence-electron chi connectivity index (χ4n) is 12.2. The highest BCUT2D eigenvalue weighted by atomic mass is 16.7. The summed E-state index contributed by atoms with van der Waals surface area (Å²) in [6.07, 6.45) is 96.4. The van der Waals surface area contributed by atoms with Crippen LogP contribution in [0.4, 0.5) is 0 Å². The number of rotatable bonds is 76. The Morgan fingerprint density at radius 1 is 0.333 bits per heavy atom. The number of ether oxygens (including phenoxy) is 4. The molecule has 0 fully saturated rings. The Bertz CT molecular complexity index is 1710. The third kappa shape index (κ3) is 76.2. The molecule has 0 aromatic carbocycles. The molecule has 9 heteroatoms. The molecule has 0 radical (unpaired) electrons. The van der Waals surface area contributed by atoms with E-state index in [9.17, 15) is 19.5 Å². The van der Waals surface area contributed by atoms with Gasteiger partial charge in [-0.15, -0.1) is 0 Å². The standard InChI is InChI=1S/C84H155NO8/c1-6-8-10-12-14-16-18-20-22-24-26-28-30-32-34-36-38-39-40-41-42-43-45-46-48-50-52-54-56-58-60-62-64-66-68-70-72-74-81(86)91-78-80(79-92-84(83(88)89)90-77-76-85(3,4)5)93-82(87)75-73-71-69-67-65-63-61-59-57-55-53-51-49-47-44-37-35-33-31-29-27-25-23-21-19-17-15-13-11-9-7-2/h9,11,15,17,21,23,27,29,33,35,80,84H,6-8,10,12-14,16,18-20,22,24-26,28,30-32,34,36-79H2,1-5H3/b11-9-,17-15-,23-21-,29-27-,35-33-. The molecular formula is C84H155NO8. The van der Waals surface area contributed by atoms with Gasteiger partial charge < -0.3 is 33.3 Å². The normalized spacial score (nSPS) is 12.9. The van der Waals surface area contributed by atoms with Crippen LogP contribution in [-0.4, -0.2) is 82.3 Å². The average Bonchev–Trinajstić information content (AvgIpc) is 3.38. The Hall–Kier alpha value is -3.01. The van der Waals surface area contributed by atoms with E-state index in [1.807, 2.05) is 21.1 Å². The molecule has 0 aliphatic rings. The SMILES string of the molecule is CC/C=C\C/C=C\C/C=C\C/C=C\C/C=C\CCCCCCCCCCCCCCCCCC(=O)OC(COC(=O)CCCCCCCCCCCCCCCCCCCCCCCCCCCCCCCCCCCCCCC)COC(OCC[N+](C)(C)C)C(=O)[O-]. The van der Waals surface area contributed by atoms with E-state index in [1.165, 1.54) is 302 Å². The minimum absolute atomic E-state index is 0.149. The molecule has 0 aromatic rings. The second kappa shape index (κ2) is 74.8. The van der Waals surface area contributed by atoms with E-state index in [1.54, 1.807) is 0 Å². The van der Waals surface area contributed by atoms with E-state index < -0.39 is 24.3 Å². The number of carboxylic acids is 1. The highest BCUT2D eigenvalue weighted by Crippen LogP contribution is 2.20. The Balaban J connectivity index is 3.97. The van der Waals surface area contributed by atoms with Crippen molar-refractivity contribution in [2.75, 3.05) is 47.5 Å². The fourth-order valence-corrected chi connectivity index (χ4v) is 12.2. The summed E-state index contributed by atoms with van der Waals surface area (Å²) in [4.78, 5) is 37.6. The highest BCUT2D eigenvalue weighted by Gasteiger charge is 2.22. The lowest BCUT2D eigenvalue weighted by atomic mass is 10.0. The third-order valence-electron chi connectivity index (χ3n) is 18.3. The predicted molar refractivity (Wildman–Crippen MR) is 399 cm³/mol. The van der Waals surface area contributed by atoms with Crippen molar-refractivity contribution in [1.82, 2.24) is 0 Å². The maximum absolute atomic E-state index is 13.0. The molecule has 0 aliphatic carbocycles. The van der Waals surface area contributed by atoms with E-state index >= 15 is 0 Å². The van der Waals surface area contributed by atoms with Gasteiger partial charge in [0.1, 0.15) is 13.2 Å². The maximum Gasteiger partial charge on any atom is 0.306 e. The number of carbonyl (C=O) groups is 3. The molecular weight excluding hydrogens is 1150 g/mol. The van der Waals surface area contributed by atoms with Gasteiger partial charge in [-0.1, -0.05) is 389 Å². The van der Waals surface area contributed by atoms with Gasteiger partial charge >= 0.3 is 11.9 Å². The summed E-state index contributed by atoms with van der Waals surface area (Å²) in [5.74, 6) is -2.26. The zero-order chi connectivity index (χ0) is 67.5. The number of quaternary nitrogens is 1. The summed E-state index contributed by atoms with van der Waals surface area (Å²) in [6.45, 7) is 4.70. The number of likely N-dealkylation sites (N-methyl/N-ethyl adjacent to an activating group) is 1. The zero-order valence-corrected chi connectivity index (χ0v) is 62.4. The number of hydrogen-bond acceptors (Lipinski definition) is 8. The summed E-state index contributed by atoms with van der Waals surface area (Å²) in [5.41, 5.74) is 0. The first-order valence-electron chi connectivity index (χ1n) is 40.4. The number of carbonyl (C=O) groups excluding carboxylic acids is 3. The summed E-state index contributed by atoms with van der Waals surface area (Å²) >= 11 is 0. The second-order valence-electron chi connectivity index (χ2n) is 28.7. The van der Waals surface area contributed by atoms with Gasteiger partial charge in [0.15, 0.2) is 12.4 Å². The van der Waals surface area contributed by atoms with Crippen LogP contribution in [0.1, 0.15) is 399 Å². The van der Waals surface area contributed by atoms with Crippen molar-refractivity contribution in [2.45, 2.75) is 411 Å². The van der Waals surface area contributed by atoms with Gasteiger partial charge in [0.2, 0.25) is 0 Å². The van der Waals surface area contributed by atoms with E-state index in [4.69, 9.17) is 18.9 Å². The number of unbranched alkanes of at least 4 members (excludes halogenated alkanes) is 51. The summed E-state index contributed by atoms with van der Waals surface area (Å²) in [6, 6.07) is 0. The van der Waals surface area contributed by atoms with E-state index in [0.29, 0.717) is 23.9 Å². The van der Waals surface area contributed by atoms with E-state index in [0.717, 1.165) is 64.2 Å². The first-order valence-corrected chi connectivity index (χ1v) is 40.4. The smallest absolute Gasteiger partial charge is 0.306 e. The molecule has 9 nitrogen and oxygen atoms in total. The van der Waals surface area contributed by atoms with Crippen LogP contribution in [0.25, 0.3) is 0 Å². The molecule has 0 amide bonds. The van der Waals surface area contributed by atoms with Crippen LogP contribution in [0.2, 0.25) is 0 Å². The molecule has 0 saturated carbocycles. The minimum Gasteiger partial charge on any atom is -0.545 e. The lowest BCUT2D eigenvalue weighted by Gasteiger charge is -2.26. The lowest BCUT2D eigenvalue weighted by molar-refractivity contribution is -0.870. The largest absolute Gasteiger partial charge is 0.545 e. The number of hydrogen-bond donors (Lipinski definition) is 0. The van der Waals surface area contributed by atoms with Crippen molar-refractivity contribution in [3.05, 3.63) is 60.8 Å².